The van der Waals surface area contributed by atoms with E-state index in [2.05, 4.69) is 25.4 Å². The van der Waals surface area contributed by atoms with Gasteiger partial charge in [-0.25, -0.2) is 4.83 Å². The second-order valence-corrected chi connectivity index (χ2v) is 7.86. The number of rotatable bonds is 6. The number of sulfonamides is 1. The van der Waals surface area contributed by atoms with E-state index in [4.69, 9.17) is 11.6 Å². The highest BCUT2D eigenvalue weighted by molar-refractivity contribution is 7.89. The molecule has 28 heavy (non-hydrogen) atoms. The number of carbonyl (C=O) groups excluding carboxylic acids is 1. The van der Waals surface area contributed by atoms with Crippen LogP contribution in [0.3, 0.4) is 0 Å². The van der Waals surface area contributed by atoms with Crippen LogP contribution in [0.1, 0.15) is 12.5 Å². The van der Waals surface area contributed by atoms with Gasteiger partial charge in [-0.2, -0.15) is 18.6 Å². The van der Waals surface area contributed by atoms with Crippen LogP contribution >= 0.6 is 11.6 Å². The van der Waals surface area contributed by atoms with Crippen LogP contribution in [0.25, 0.3) is 11.3 Å². The number of hydrogen-bond acceptors (Lipinski definition) is 5. The third-order valence-corrected chi connectivity index (χ3v) is 5.15. The number of hydrazone groups is 1. The van der Waals surface area contributed by atoms with Crippen molar-refractivity contribution in [1.82, 2.24) is 15.0 Å². The molecule has 1 aromatic heterocycles. The molecular formula is C18H16ClN5O3S. The van der Waals surface area contributed by atoms with Crippen LogP contribution < -0.4 is 10.1 Å². The van der Waals surface area contributed by atoms with Crippen molar-refractivity contribution in [2.45, 2.75) is 11.8 Å². The number of nitrogens with zero attached hydrogens (tertiary/aromatic N) is 2. The fraction of sp³-hybridized carbons (Fsp3) is 0.0556. The Labute approximate surface area is 166 Å². The lowest BCUT2D eigenvalue weighted by Gasteiger charge is -2.05. The van der Waals surface area contributed by atoms with E-state index < -0.39 is 10.0 Å². The van der Waals surface area contributed by atoms with Crippen LogP contribution in [0.5, 0.6) is 0 Å². The molecule has 1 amide bonds. The molecule has 10 heteroatoms. The first kappa shape index (κ1) is 19.6. The van der Waals surface area contributed by atoms with Crippen molar-refractivity contribution in [2.75, 3.05) is 5.32 Å². The summed E-state index contributed by atoms with van der Waals surface area (Å²) < 4.78 is 24.7. The van der Waals surface area contributed by atoms with Gasteiger partial charge in [0.05, 0.1) is 23.0 Å². The van der Waals surface area contributed by atoms with E-state index in [1.165, 1.54) is 43.6 Å². The molecule has 0 spiro atoms. The number of H-pyrrole nitrogens is 1. The maximum atomic E-state index is 12.3. The third-order valence-electron chi connectivity index (χ3n) is 3.66. The molecule has 0 fully saturated rings. The van der Waals surface area contributed by atoms with E-state index in [1.54, 1.807) is 12.1 Å². The lowest BCUT2D eigenvalue weighted by atomic mass is 10.1. The molecule has 0 aliphatic rings. The minimum atomic E-state index is -3.85. The van der Waals surface area contributed by atoms with E-state index in [-0.39, 0.29) is 10.8 Å². The van der Waals surface area contributed by atoms with E-state index in [0.29, 0.717) is 22.0 Å². The predicted molar refractivity (Wildman–Crippen MR) is 108 cm³/mol. The Morgan fingerprint density at radius 2 is 1.82 bits per heavy atom. The lowest BCUT2D eigenvalue weighted by Crippen LogP contribution is -2.18. The molecule has 0 unspecified atom stereocenters. The van der Waals surface area contributed by atoms with Crippen LogP contribution in [-0.4, -0.2) is 30.7 Å². The Morgan fingerprint density at radius 3 is 2.46 bits per heavy atom. The smallest absolute Gasteiger partial charge is 0.276 e. The van der Waals surface area contributed by atoms with Crippen LogP contribution in [-0.2, 0) is 14.8 Å². The number of anilines is 1. The third kappa shape index (κ3) is 4.76. The molecule has 8 nitrogen and oxygen atoms in total. The first-order valence-electron chi connectivity index (χ1n) is 8.07. The number of benzene rings is 2. The topological polar surface area (TPSA) is 116 Å². The van der Waals surface area contributed by atoms with Gasteiger partial charge >= 0.3 is 0 Å². The molecule has 3 N–H and O–H groups in total. The summed E-state index contributed by atoms with van der Waals surface area (Å²) in [6.45, 7) is 1.37. The van der Waals surface area contributed by atoms with Crippen molar-refractivity contribution in [3.63, 3.8) is 0 Å². The average Bonchev–Trinajstić information content (AvgIpc) is 3.11. The molecule has 3 rings (SSSR count). The number of halogens is 1. The Hall–Kier alpha value is -3.17. The Bertz CT molecular complexity index is 1110. The molecule has 1 heterocycles. The van der Waals surface area contributed by atoms with Gasteiger partial charge in [-0.15, -0.1) is 0 Å². The standard InChI is InChI=1S/C18H16ClN5O3S/c1-12(25)22-16-6-8-17(9-7-16)28(26,27)24-21-11-14-10-20-23-18(14)13-2-4-15(19)5-3-13/h2-11,24H,1H3,(H,20,23)(H,22,25). The largest absolute Gasteiger partial charge is 0.326 e. The van der Waals surface area contributed by atoms with Gasteiger partial charge in [0.25, 0.3) is 10.0 Å². The Balaban J connectivity index is 1.73. The van der Waals surface area contributed by atoms with E-state index >= 15 is 0 Å². The predicted octanol–water partition coefficient (Wildman–Crippen LogP) is 3.00. The normalized spacial score (nSPS) is 11.5. The molecule has 0 aliphatic carbocycles. The molecule has 0 saturated carbocycles. The number of hydrogen-bond donors (Lipinski definition) is 3. The molecule has 3 aromatic rings. The van der Waals surface area contributed by atoms with Gasteiger partial charge in [0.1, 0.15) is 0 Å². The molecule has 0 saturated heterocycles. The van der Waals surface area contributed by atoms with Crippen LogP contribution in [0.15, 0.2) is 64.7 Å². The van der Waals surface area contributed by atoms with E-state index in [0.717, 1.165) is 5.56 Å². The van der Waals surface area contributed by atoms with Crippen LogP contribution in [0, 0.1) is 0 Å². The van der Waals surface area contributed by atoms with Gasteiger partial charge in [-0.1, -0.05) is 23.7 Å². The summed E-state index contributed by atoms with van der Waals surface area (Å²) >= 11 is 5.89. The Kier molecular flexibility index (Phi) is 5.76. The summed E-state index contributed by atoms with van der Waals surface area (Å²) in [6.07, 6.45) is 2.89. The van der Waals surface area contributed by atoms with E-state index in [9.17, 15) is 13.2 Å². The zero-order chi connectivity index (χ0) is 20.1. The van der Waals surface area contributed by atoms with Gasteiger partial charge in [0.2, 0.25) is 5.91 Å². The lowest BCUT2D eigenvalue weighted by molar-refractivity contribution is -0.114. The van der Waals surface area contributed by atoms with Crippen molar-refractivity contribution >= 4 is 39.4 Å². The zero-order valence-electron chi connectivity index (χ0n) is 14.7. The van der Waals surface area contributed by atoms with Crippen LogP contribution in [0.2, 0.25) is 5.02 Å². The number of carbonyl (C=O) groups is 1. The summed E-state index contributed by atoms with van der Waals surface area (Å²) in [6, 6.07) is 12.9. The highest BCUT2D eigenvalue weighted by Crippen LogP contribution is 2.22. The van der Waals surface area contributed by atoms with Crippen molar-refractivity contribution < 1.29 is 13.2 Å². The number of aromatic nitrogens is 2. The van der Waals surface area contributed by atoms with Crippen molar-refractivity contribution in [3.8, 4) is 11.3 Å². The molecule has 0 radical (unpaired) electrons. The SMILES string of the molecule is CC(=O)Nc1ccc(S(=O)(=O)NN=Cc2cn[nH]c2-c2ccc(Cl)cc2)cc1. The monoisotopic (exact) mass is 417 g/mol. The summed E-state index contributed by atoms with van der Waals surface area (Å²) in [5, 5.41) is 13.8. The molecule has 0 aliphatic heterocycles. The average molecular weight is 418 g/mol. The summed E-state index contributed by atoms with van der Waals surface area (Å²) in [5.74, 6) is -0.241. The summed E-state index contributed by atoms with van der Waals surface area (Å²) in [7, 11) is -3.85. The van der Waals surface area contributed by atoms with Crippen molar-refractivity contribution in [3.05, 3.63) is 65.3 Å². The van der Waals surface area contributed by atoms with Gasteiger partial charge < -0.3 is 5.32 Å². The highest BCUT2D eigenvalue weighted by atomic mass is 35.5. The molecule has 144 valence electrons. The van der Waals surface area contributed by atoms with Gasteiger partial charge in [0.15, 0.2) is 0 Å². The minimum absolute atomic E-state index is 0.0175. The first-order valence-corrected chi connectivity index (χ1v) is 9.93. The first-order chi connectivity index (χ1) is 13.3. The van der Waals surface area contributed by atoms with Crippen molar-refractivity contribution in [1.29, 1.82) is 0 Å². The maximum Gasteiger partial charge on any atom is 0.276 e. The zero-order valence-corrected chi connectivity index (χ0v) is 16.3. The number of aromatic amines is 1. The molecule has 2 aromatic carbocycles. The summed E-state index contributed by atoms with van der Waals surface area (Å²) in [5.41, 5.74) is 2.62. The maximum absolute atomic E-state index is 12.3. The molecule has 0 atom stereocenters. The number of amides is 1. The minimum Gasteiger partial charge on any atom is -0.326 e. The molecule has 0 bridgehead atoms. The second kappa shape index (κ2) is 8.24. The summed E-state index contributed by atoms with van der Waals surface area (Å²) in [4.78, 5) is 13.2. The second-order valence-electron chi connectivity index (χ2n) is 5.77. The van der Waals surface area contributed by atoms with Gasteiger partial charge in [-0.3, -0.25) is 9.89 Å². The number of nitrogens with one attached hydrogen (secondary N) is 3. The fourth-order valence-electron chi connectivity index (χ4n) is 2.38. The fourth-order valence-corrected chi connectivity index (χ4v) is 3.30. The van der Waals surface area contributed by atoms with Gasteiger partial charge in [0, 0.05) is 28.8 Å². The quantitative estimate of drug-likeness (QED) is 0.422. The van der Waals surface area contributed by atoms with Crippen LogP contribution in [0.4, 0.5) is 5.69 Å². The Morgan fingerprint density at radius 1 is 1.14 bits per heavy atom. The molecular weight excluding hydrogens is 402 g/mol. The van der Waals surface area contributed by atoms with Gasteiger partial charge in [-0.05, 0) is 36.4 Å². The highest BCUT2D eigenvalue weighted by Gasteiger charge is 2.13. The van der Waals surface area contributed by atoms with E-state index in [1.807, 2.05) is 12.1 Å². The van der Waals surface area contributed by atoms with Crippen molar-refractivity contribution in [2.24, 2.45) is 5.10 Å².